The molecule has 0 bridgehead atoms. The number of H-pyrrole nitrogens is 1. The zero-order chi connectivity index (χ0) is 27.2. The molecule has 3 amide bonds. The lowest BCUT2D eigenvalue weighted by atomic mass is 10.1. The van der Waals surface area contributed by atoms with Gasteiger partial charge in [-0.1, -0.05) is 65.7 Å². The van der Waals surface area contributed by atoms with Crippen molar-refractivity contribution in [2.45, 2.75) is 19.0 Å². The molecule has 3 aromatic carbocycles. The molecule has 4 aromatic rings. The van der Waals surface area contributed by atoms with E-state index in [4.69, 9.17) is 28.9 Å². The van der Waals surface area contributed by atoms with Crippen molar-refractivity contribution in [2.24, 2.45) is 0 Å². The Kier molecular flexibility index (Phi) is 8.40. The van der Waals surface area contributed by atoms with Crippen molar-refractivity contribution >= 4 is 46.7 Å². The normalized spacial score (nSPS) is 11.6. The van der Waals surface area contributed by atoms with Crippen molar-refractivity contribution in [1.29, 1.82) is 0 Å². The SMILES string of the molecule is CN(C(=O)O)c1ccc(-c2nc(C(Cc3ccccc3)NC(=O)NCc3cc(Cl)ccc3N)[nH]c2Cl)cc1. The third-order valence-corrected chi connectivity index (χ3v) is 6.46. The highest BCUT2D eigenvalue weighted by Crippen LogP contribution is 2.30. The van der Waals surface area contributed by atoms with Crippen LogP contribution in [-0.4, -0.2) is 34.2 Å². The molecule has 0 aliphatic rings. The number of rotatable bonds is 8. The van der Waals surface area contributed by atoms with Gasteiger partial charge < -0.3 is 26.5 Å². The van der Waals surface area contributed by atoms with Gasteiger partial charge in [0.2, 0.25) is 0 Å². The Balaban J connectivity index is 1.55. The predicted octanol–water partition coefficient (Wildman–Crippen LogP) is 5.86. The zero-order valence-electron chi connectivity index (χ0n) is 20.4. The van der Waals surface area contributed by atoms with Crippen LogP contribution in [0.25, 0.3) is 11.3 Å². The van der Waals surface area contributed by atoms with E-state index in [1.165, 1.54) is 7.05 Å². The Bertz CT molecular complexity index is 1430. The van der Waals surface area contributed by atoms with Crippen molar-refractivity contribution in [3.05, 3.63) is 99.9 Å². The predicted molar refractivity (Wildman–Crippen MR) is 150 cm³/mol. The molecule has 196 valence electrons. The van der Waals surface area contributed by atoms with E-state index < -0.39 is 18.2 Å². The Morgan fingerprint density at radius 1 is 1.08 bits per heavy atom. The lowest BCUT2D eigenvalue weighted by Gasteiger charge is -2.18. The minimum absolute atomic E-state index is 0.192. The van der Waals surface area contributed by atoms with Crippen LogP contribution in [0.3, 0.4) is 0 Å². The molecule has 0 fully saturated rings. The summed E-state index contributed by atoms with van der Waals surface area (Å²) in [5.74, 6) is 0.470. The third-order valence-electron chi connectivity index (χ3n) is 5.96. The first kappa shape index (κ1) is 26.8. The van der Waals surface area contributed by atoms with E-state index >= 15 is 0 Å². The molecule has 0 spiro atoms. The molecule has 1 atom stereocenters. The molecule has 0 aliphatic heterocycles. The quantitative estimate of drug-likeness (QED) is 0.174. The van der Waals surface area contributed by atoms with E-state index in [-0.39, 0.29) is 6.54 Å². The van der Waals surface area contributed by atoms with Crippen LogP contribution in [0.15, 0.2) is 72.8 Å². The molecule has 0 aliphatic carbocycles. The van der Waals surface area contributed by atoms with E-state index in [0.29, 0.717) is 50.6 Å². The van der Waals surface area contributed by atoms with Gasteiger partial charge in [-0.25, -0.2) is 14.6 Å². The number of nitrogens with zero attached hydrogens (tertiary/aromatic N) is 2. The van der Waals surface area contributed by atoms with Gasteiger partial charge >= 0.3 is 12.1 Å². The summed E-state index contributed by atoms with van der Waals surface area (Å²) in [4.78, 5) is 33.0. The summed E-state index contributed by atoms with van der Waals surface area (Å²) in [6, 6.07) is 20.6. The van der Waals surface area contributed by atoms with Crippen LogP contribution in [0.1, 0.15) is 23.0 Å². The second-order valence-corrected chi connectivity index (χ2v) is 9.40. The maximum atomic E-state index is 12.9. The van der Waals surface area contributed by atoms with E-state index in [0.717, 1.165) is 10.5 Å². The highest BCUT2D eigenvalue weighted by Gasteiger charge is 2.22. The van der Waals surface area contributed by atoms with Crippen molar-refractivity contribution in [1.82, 2.24) is 20.6 Å². The fourth-order valence-corrected chi connectivity index (χ4v) is 4.30. The Labute approximate surface area is 229 Å². The molecule has 1 aromatic heterocycles. The van der Waals surface area contributed by atoms with Gasteiger partial charge in [-0.05, 0) is 47.9 Å². The monoisotopic (exact) mass is 552 g/mol. The number of aromatic nitrogens is 2. The second kappa shape index (κ2) is 11.9. The first-order valence-electron chi connectivity index (χ1n) is 11.7. The molecular formula is C27H26Cl2N6O3. The fourth-order valence-electron chi connectivity index (χ4n) is 3.86. The number of nitrogens with one attached hydrogen (secondary N) is 3. The lowest BCUT2D eigenvalue weighted by Crippen LogP contribution is -2.39. The largest absolute Gasteiger partial charge is 0.465 e. The van der Waals surface area contributed by atoms with Crippen LogP contribution in [0.5, 0.6) is 0 Å². The van der Waals surface area contributed by atoms with Crippen LogP contribution in [0.2, 0.25) is 10.2 Å². The topological polar surface area (TPSA) is 136 Å². The number of carbonyl (C=O) groups is 2. The maximum Gasteiger partial charge on any atom is 0.411 e. The number of anilines is 2. The molecule has 9 nitrogen and oxygen atoms in total. The molecule has 1 heterocycles. The van der Waals surface area contributed by atoms with Crippen LogP contribution in [-0.2, 0) is 13.0 Å². The number of hydrogen-bond acceptors (Lipinski definition) is 4. The highest BCUT2D eigenvalue weighted by molar-refractivity contribution is 6.32. The molecule has 0 radical (unpaired) electrons. The van der Waals surface area contributed by atoms with Crippen LogP contribution in [0, 0.1) is 0 Å². The van der Waals surface area contributed by atoms with E-state index in [1.807, 2.05) is 30.3 Å². The number of halogens is 2. The minimum atomic E-state index is -1.07. The molecule has 0 saturated carbocycles. The Hall–Kier alpha value is -4.21. The van der Waals surface area contributed by atoms with Gasteiger partial charge in [0.15, 0.2) is 0 Å². The standard InChI is InChI=1S/C27H26Cl2N6O3/c1-35(27(37)38)20-10-7-17(8-11-20)23-24(29)34-25(33-23)22(13-16-5-3-2-4-6-16)32-26(36)31-15-18-14-19(28)9-12-21(18)30/h2-12,14,22H,13,15,30H2,1H3,(H,33,34)(H,37,38)(H2,31,32,36). The lowest BCUT2D eigenvalue weighted by molar-refractivity contribution is 0.203. The van der Waals surface area contributed by atoms with Gasteiger partial charge in [0, 0.05) is 35.6 Å². The molecule has 1 unspecified atom stereocenters. The molecular weight excluding hydrogens is 527 g/mol. The van der Waals surface area contributed by atoms with Gasteiger partial charge in [0.1, 0.15) is 16.7 Å². The second-order valence-electron chi connectivity index (χ2n) is 8.59. The first-order chi connectivity index (χ1) is 18.2. The number of aromatic amines is 1. The highest BCUT2D eigenvalue weighted by atomic mass is 35.5. The number of carboxylic acid groups (broad SMARTS) is 1. The van der Waals surface area contributed by atoms with Crippen molar-refractivity contribution in [2.75, 3.05) is 17.7 Å². The van der Waals surface area contributed by atoms with Crippen LogP contribution >= 0.6 is 23.2 Å². The molecule has 6 N–H and O–H groups in total. The summed E-state index contributed by atoms with van der Waals surface area (Å²) in [6.07, 6.45) is -0.608. The number of nitrogen functional groups attached to an aromatic ring is 1. The summed E-state index contributed by atoms with van der Waals surface area (Å²) in [6.45, 7) is 0.192. The average molecular weight is 553 g/mol. The van der Waals surface area contributed by atoms with Crippen molar-refractivity contribution < 1.29 is 14.7 Å². The van der Waals surface area contributed by atoms with Crippen molar-refractivity contribution in [3.8, 4) is 11.3 Å². The Morgan fingerprint density at radius 3 is 2.47 bits per heavy atom. The minimum Gasteiger partial charge on any atom is -0.465 e. The van der Waals surface area contributed by atoms with E-state index in [2.05, 4.69) is 20.6 Å². The molecule has 11 heteroatoms. The number of hydrogen-bond donors (Lipinski definition) is 5. The summed E-state index contributed by atoms with van der Waals surface area (Å²) in [5, 5.41) is 15.8. The summed E-state index contributed by atoms with van der Waals surface area (Å²) >= 11 is 12.6. The molecule has 4 rings (SSSR count). The van der Waals surface area contributed by atoms with Crippen LogP contribution in [0.4, 0.5) is 21.0 Å². The number of benzene rings is 3. The number of amides is 3. The number of nitrogens with two attached hydrogens (primary N) is 1. The molecule has 38 heavy (non-hydrogen) atoms. The van der Waals surface area contributed by atoms with Crippen LogP contribution < -0.4 is 21.3 Å². The fraction of sp³-hybridized carbons (Fsp3) is 0.148. The Morgan fingerprint density at radius 2 is 1.79 bits per heavy atom. The van der Waals surface area contributed by atoms with Gasteiger partial charge in [-0.15, -0.1) is 0 Å². The summed E-state index contributed by atoms with van der Waals surface area (Å²) in [5.41, 5.74) is 9.90. The molecule has 0 saturated heterocycles. The number of imidazole rings is 1. The number of urea groups is 1. The zero-order valence-corrected chi connectivity index (χ0v) is 21.9. The summed E-state index contributed by atoms with van der Waals surface area (Å²) < 4.78 is 0. The van der Waals surface area contributed by atoms with Crippen molar-refractivity contribution in [3.63, 3.8) is 0 Å². The maximum absolute atomic E-state index is 12.9. The number of carbonyl (C=O) groups excluding carboxylic acids is 1. The van der Waals surface area contributed by atoms with E-state index in [1.54, 1.807) is 42.5 Å². The van der Waals surface area contributed by atoms with Gasteiger partial charge in [0.05, 0.1) is 6.04 Å². The summed E-state index contributed by atoms with van der Waals surface area (Å²) in [7, 11) is 1.46. The van der Waals surface area contributed by atoms with Gasteiger partial charge in [-0.3, -0.25) is 4.90 Å². The smallest absolute Gasteiger partial charge is 0.411 e. The third kappa shape index (κ3) is 6.56. The first-order valence-corrected chi connectivity index (χ1v) is 12.4. The van der Waals surface area contributed by atoms with Gasteiger partial charge in [0.25, 0.3) is 0 Å². The average Bonchev–Trinajstić information content (AvgIpc) is 3.30. The van der Waals surface area contributed by atoms with E-state index in [9.17, 15) is 14.7 Å². The van der Waals surface area contributed by atoms with Gasteiger partial charge in [-0.2, -0.15) is 0 Å².